The normalized spacial score (nSPS) is 11.0. The molecular weight excluding hydrogens is 362 g/mol. The van der Waals surface area contributed by atoms with Gasteiger partial charge < -0.3 is 5.32 Å². The summed E-state index contributed by atoms with van der Waals surface area (Å²) in [5.74, 6) is -0.845. The van der Waals surface area contributed by atoms with Crippen molar-refractivity contribution in [3.05, 3.63) is 71.9 Å². The van der Waals surface area contributed by atoms with Crippen LogP contribution in [0.3, 0.4) is 0 Å². The van der Waals surface area contributed by atoms with Crippen molar-refractivity contribution < 1.29 is 13.6 Å². The smallest absolute Gasteiger partial charge is 0.238 e. The highest BCUT2D eigenvalue weighted by Gasteiger charge is 2.09. The Kier molecular flexibility index (Phi) is 6.49. The average molecular weight is 384 g/mol. The molecule has 7 heteroatoms. The number of anilines is 1. The van der Waals surface area contributed by atoms with Crippen LogP contribution < -0.4 is 5.32 Å². The maximum Gasteiger partial charge on any atom is 0.238 e. The number of carbonyl (C=O) groups excluding carboxylic acids is 1. The second kappa shape index (κ2) is 9.23. The van der Waals surface area contributed by atoms with Gasteiger partial charge in [0.25, 0.3) is 0 Å². The third-order valence-corrected chi connectivity index (χ3v) is 4.28. The maximum absolute atomic E-state index is 13.1. The monoisotopic (exact) mass is 384 g/mol. The van der Waals surface area contributed by atoms with E-state index in [-0.39, 0.29) is 24.1 Å². The lowest BCUT2D eigenvalue weighted by molar-refractivity contribution is -0.117. The molecule has 1 amide bonds. The number of aromatic amines is 1. The molecule has 1 heterocycles. The van der Waals surface area contributed by atoms with E-state index >= 15 is 0 Å². The molecule has 0 aliphatic rings. The van der Waals surface area contributed by atoms with Gasteiger partial charge in [0.05, 0.1) is 12.2 Å². The van der Waals surface area contributed by atoms with Gasteiger partial charge in [-0.1, -0.05) is 6.07 Å². The number of benzene rings is 2. The van der Waals surface area contributed by atoms with Crippen molar-refractivity contribution in [2.45, 2.75) is 12.8 Å². The Morgan fingerprint density at radius 3 is 2.64 bits per heavy atom. The topological polar surface area (TPSA) is 61.0 Å². The van der Waals surface area contributed by atoms with Crippen molar-refractivity contribution in [2.75, 3.05) is 25.5 Å². The molecule has 0 aliphatic heterocycles. The minimum Gasteiger partial charge on any atom is -0.325 e. The minimum atomic E-state index is -0.384. The van der Waals surface area contributed by atoms with Crippen LogP contribution in [0.4, 0.5) is 14.5 Å². The van der Waals surface area contributed by atoms with E-state index in [2.05, 4.69) is 15.5 Å². The molecule has 0 bridgehead atoms. The molecule has 2 aromatic carbocycles. The Hall–Kier alpha value is -3.06. The zero-order valence-electron chi connectivity index (χ0n) is 15.6. The summed E-state index contributed by atoms with van der Waals surface area (Å²) in [6.45, 7) is 0.946. The summed E-state index contributed by atoms with van der Waals surface area (Å²) < 4.78 is 26.2. The molecule has 0 unspecified atom stereocenters. The molecule has 0 saturated heterocycles. The van der Waals surface area contributed by atoms with Crippen molar-refractivity contribution in [3.63, 3.8) is 0 Å². The van der Waals surface area contributed by atoms with E-state index in [4.69, 9.17) is 0 Å². The first-order chi connectivity index (χ1) is 13.5. The predicted octanol–water partition coefficient (Wildman–Crippen LogP) is 3.86. The summed E-state index contributed by atoms with van der Waals surface area (Å²) in [6.07, 6.45) is 1.62. The Morgan fingerprint density at radius 2 is 1.89 bits per heavy atom. The molecule has 0 fully saturated rings. The number of amides is 1. The van der Waals surface area contributed by atoms with Gasteiger partial charge in [-0.2, -0.15) is 5.10 Å². The van der Waals surface area contributed by atoms with E-state index < -0.39 is 0 Å². The number of nitrogens with zero attached hydrogens (tertiary/aromatic N) is 2. The summed E-state index contributed by atoms with van der Waals surface area (Å²) in [5.41, 5.74) is 3.06. The van der Waals surface area contributed by atoms with E-state index in [1.165, 1.54) is 24.3 Å². The Morgan fingerprint density at radius 1 is 1.11 bits per heavy atom. The molecule has 2 N–H and O–H groups in total. The third-order valence-electron chi connectivity index (χ3n) is 4.28. The predicted molar refractivity (Wildman–Crippen MR) is 105 cm³/mol. The van der Waals surface area contributed by atoms with Gasteiger partial charge in [0, 0.05) is 16.9 Å². The van der Waals surface area contributed by atoms with Gasteiger partial charge in [0.1, 0.15) is 11.6 Å². The first-order valence-corrected chi connectivity index (χ1v) is 9.04. The quantitative estimate of drug-likeness (QED) is 0.620. The van der Waals surface area contributed by atoms with Crippen LogP contribution >= 0.6 is 0 Å². The van der Waals surface area contributed by atoms with E-state index in [0.29, 0.717) is 5.69 Å². The number of nitrogens with one attached hydrogen (secondary N) is 2. The molecule has 5 nitrogen and oxygen atoms in total. The summed E-state index contributed by atoms with van der Waals surface area (Å²) >= 11 is 0. The number of H-pyrrole nitrogens is 1. The van der Waals surface area contributed by atoms with E-state index in [9.17, 15) is 13.6 Å². The van der Waals surface area contributed by atoms with Crippen molar-refractivity contribution in [1.29, 1.82) is 0 Å². The highest BCUT2D eigenvalue weighted by molar-refractivity contribution is 5.92. The summed E-state index contributed by atoms with van der Waals surface area (Å²) in [7, 11) is 1.86. The largest absolute Gasteiger partial charge is 0.325 e. The lowest BCUT2D eigenvalue weighted by Gasteiger charge is -2.16. The van der Waals surface area contributed by atoms with Gasteiger partial charge in [-0.05, 0) is 75.0 Å². The van der Waals surface area contributed by atoms with Gasteiger partial charge in [0.2, 0.25) is 5.91 Å². The Balaban J connectivity index is 1.42. The number of carbonyl (C=O) groups is 1. The third kappa shape index (κ3) is 5.72. The lowest BCUT2D eigenvalue weighted by atomic mass is 10.1. The van der Waals surface area contributed by atoms with Crippen molar-refractivity contribution >= 4 is 11.6 Å². The maximum atomic E-state index is 13.1. The second-order valence-electron chi connectivity index (χ2n) is 6.69. The Labute approximate surface area is 162 Å². The molecule has 146 valence electrons. The number of hydrogen-bond acceptors (Lipinski definition) is 3. The van der Waals surface area contributed by atoms with Crippen LogP contribution in [-0.4, -0.2) is 41.1 Å². The highest BCUT2D eigenvalue weighted by atomic mass is 19.1. The van der Waals surface area contributed by atoms with Crippen molar-refractivity contribution in [1.82, 2.24) is 15.1 Å². The number of likely N-dealkylation sites (N-methyl/N-ethyl adjacent to an activating group) is 1. The zero-order valence-corrected chi connectivity index (χ0v) is 15.6. The van der Waals surface area contributed by atoms with Crippen LogP contribution in [0.2, 0.25) is 0 Å². The molecule has 0 spiro atoms. The first kappa shape index (κ1) is 19.7. The summed E-state index contributed by atoms with van der Waals surface area (Å²) in [4.78, 5) is 13.9. The van der Waals surface area contributed by atoms with Crippen LogP contribution in [0.5, 0.6) is 0 Å². The molecule has 0 saturated carbocycles. The fraction of sp³-hybridized carbons (Fsp3) is 0.238. The van der Waals surface area contributed by atoms with Gasteiger partial charge in [0.15, 0.2) is 0 Å². The highest BCUT2D eigenvalue weighted by Crippen LogP contribution is 2.18. The molecular formula is C21H22F2N4O. The molecule has 3 rings (SSSR count). The van der Waals surface area contributed by atoms with Crippen LogP contribution in [0.1, 0.15) is 12.1 Å². The first-order valence-electron chi connectivity index (χ1n) is 9.04. The molecule has 28 heavy (non-hydrogen) atoms. The fourth-order valence-electron chi connectivity index (χ4n) is 2.89. The summed E-state index contributed by atoms with van der Waals surface area (Å²) in [6, 6.07) is 14.0. The van der Waals surface area contributed by atoms with Crippen molar-refractivity contribution in [3.8, 4) is 11.3 Å². The van der Waals surface area contributed by atoms with E-state index in [1.807, 2.05) is 18.0 Å². The van der Waals surface area contributed by atoms with Gasteiger partial charge in [-0.15, -0.1) is 0 Å². The number of rotatable bonds is 8. The van der Waals surface area contributed by atoms with Crippen LogP contribution in [0, 0.1) is 11.6 Å². The SMILES string of the molecule is CN(CCCc1cc(-c2ccc(F)cc2)n[nH]1)CC(=O)Nc1cccc(F)c1. The second-order valence-corrected chi connectivity index (χ2v) is 6.69. The van der Waals surface area contributed by atoms with Crippen LogP contribution in [-0.2, 0) is 11.2 Å². The Bertz CT molecular complexity index is 924. The molecule has 0 radical (unpaired) electrons. The van der Waals surface area contributed by atoms with Gasteiger partial charge in [-0.3, -0.25) is 14.8 Å². The van der Waals surface area contributed by atoms with Gasteiger partial charge in [-0.25, -0.2) is 8.78 Å². The number of halogens is 2. The average Bonchev–Trinajstić information content (AvgIpc) is 3.11. The van der Waals surface area contributed by atoms with Crippen molar-refractivity contribution in [2.24, 2.45) is 0 Å². The number of aryl methyl sites for hydroxylation is 1. The van der Waals surface area contributed by atoms with Crippen LogP contribution in [0.25, 0.3) is 11.3 Å². The molecule has 1 aromatic heterocycles. The number of hydrogen-bond donors (Lipinski definition) is 2. The minimum absolute atomic E-state index is 0.187. The fourth-order valence-corrected chi connectivity index (χ4v) is 2.89. The van der Waals surface area contributed by atoms with E-state index in [1.54, 1.807) is 24.3 Å². The zero-order chi connectivity index (χ0) is 19.9. The molecule has 0 aliphatic carbocycles. The van der Waals surface area contributed by atoms with Crippen LogP contribution in [0.15, 0.2) is 54.6 Å². The molecule has 3 aromatic rings. The van der Waals surface area contributed by atoms with Gasteiger partial charge >= 0.3 is 0 Å². The standard InChI is InChI=1S/C21H22F2N4O/c1-27(14-21(28)24-18-5-2-4-17(23)12-18)11-3-6-19-13-20(26-25-19)15-7-9-16(22)10-8-15/h2,4-5,7-10,12-13H,3,6,11,14H2,1H3,(H,24,28)(H,25,26). The summed E-state index contributed by atoms with van der Waals surface area (Å²) in [5, 5.41) is 9.94. The lowest BCUT2D eigenvalue weighted by Crippen LogP contribution is -2.31. The van der Waals surface area contributed by atoms with E-state index in [0.717, 1.165) is 36.3 Å². The molecule has 0 atom stereocenters. The number of aromatic nitrogens is 2.